The second-order valence-corrected chi connectivity index (χ2v) is 4.45. The number of rotatable bonds is 3. The zero-order valence-electron chi connectivity index (χ0n) is 11.6. The molecule has 3 aromatic rings. The van der Waals surface area contributed by atoms with Crippen molar-refractivity contribution in [2.45, 2.75) is 0 Å². The van der Waals surface area contributed by atoms with E-state index in [-0.39, 0.29) is 5.91 Å². The van der Waals surface area contributed by atoms with Crippen molar-refractivity contribution in [1.29, 1.82) is 0 Å². The number of benzene rings is 1. The van der Waals surface area contributed by atoms with Crippen LogP contribution >= 0.6 is 0 Å². The smallest absolute Gasteiger partial charge is 0.256 e. The summed E-state index contributed by atoms with van der Waals surface area (Å²) in [4.78, 5) is 16.3. The van der Waals surface area contributed by atoms with E-state index in [0.717, 1.165) is 5.52 Å². The van der Waals surface area contributed by atoms with Gasteiger partial charge in [0.25, 0.3) is 5.91 Å². The number of nitrogens with one attached hydrogen (secondary N) is 1. The van der Waals surface area contributed by atoms with E-state index in [1.54, 1.807) is 49.3 Å². The van der Waals surface area contributed by atoms with Crippen molar-refractivity contribution < 1.29 is 9.53 Å². The Morgan fingerprint density at radius 3 is 2.95 bits per heavy atom. The maximum absolute atomic E-state index is 12.2. The van der Waals surface area contributed by atoms with Crippen molar-refractivity contribution in [3.05, 3.63) is 42.1 Å². The number of amides is 1. The van der Waals surface area contributed by atoms with E-state index in [2.05, 4.69) is 20.6 Å². The summed E-state index contributed by atoms with van der Waals surface area (Å²) >= 11 is 0. The lowest BCUT2D eigenvalue weighted by atomic mass is 10.2. The minimum Gasteiger partial charge on any atom is -0.497 e. The number of anilines is 1. The summed E-state index contributed by atoms with van der Waals surface area (Å²) < 4.78 is 6.74. The van der Waals surface area contributed by atoms with Gasteiger partial charge in [-0.2, -0.15) is 0 Å². The van der Waals surface area contributed by atoms with Gasteiger partial charge in [0.1, 0.15) is 17.1 Å². The maximum atomic E-state index is 12.2. The molecule has 0 unspecified atom stereocenters. The number of hydrogen-bond donors (Lipinski definition) is 1. The van der Waals surface area contributed by atoms with Gasteiger partial charge in [0.2, 0.25) is 0 Å². The maximum Gasteiger partial charge on any atom is 0.256 e. The molecule has 7 nitrogen and oxygen atoms in total. The molecule has 0 atom stereocenters. The molecule has 1 N–H and O–H groups in total. The van der Waals surface area contributed by atoms with Gasteiger partial charge >= 0.3 is 0 Å². The largest absolute Gasteiger partial charge is 0.497 e. The summed E-state index contributed by atoms with van der Waals surface area (Å²) in [6.07, 6.45) is 1.57. The fourth-order valence-electron chi connectivity index (χ4n) is 1.98. The first-order chi connectivity index (χ1) is 10.2. The molecule has 0 aliphatic heterocycles. The predicted octanol–water partition coefficient (Wildman–Crippen LogP) is 1.62. The molecule has 7 heteroatoms. The Balaban J connectivity index is 1.86. The first kappa shape index (κ1) is 13.0. The molecule has 1 aromatic carbocycles. The molecule has 0 bridgehead atoms. The van der Waals surface area contributed by atoms with Crippen molar-refractivity contribution in [2.75, 3.05) is 12.4 Å². The lowest BCUT2D eigenvalue weighted by molar-refractivity contribution is 0.102. The van der Waals surface area contributed by atoms with E-state index < -0.39 is 0 Å². The van der Waals surface area contributed by atoms with E-state index >= 15 is 0 Å². The van der Waals surface area contributed by atoms with Gasteiger partial charge in [-0.1, -0.05) is 5.21 Å². The zero-order valence-corrected chi connectivity index (χ0v) is 11.6. The molecular weight excluding hydrogens is 270 g/mol. The Morgan fingerprint density at radius 1 is 1.29 bits per heavy atom. The van der Waals surface area contributed by atoms with Crippen molar-refractivity contribution in [3.63, 3.8) is 0 Å². The van der Waals surface area contributed by atoms with Crippen LogP contribution in [0.3, 0.4) is 0 Å². The SMILES string of the molecule is COc1ccnc(NC(=O)c2ccc3c(c2)nnn3C)c1. The molecule has 1 amide bonds. The van der Waals surface area contributed by atoms with E-state index in [0.29, 0.717) is 22.6 Å². The fourth-order valence-corrected chi connectivity index (χ4v) is 1.98. The Morgan fingerprint density at radius 2 is 2.14 bits per heavy atom. The van der Waals surface area contributed by atoms with Crippen molar-refractivity contribution in [1.82, 2.24) is 20.0 Å². The Labute approximate surface area is 120 Å². The number of fused-ring (bicyclic) bond motifs is 1. The lowest BCUT2D eigenvalue weighted by Gasteiger charge is -2.06. The van der Waals surface area contributed by atoms with Crippen molar-refractivity contribution >= 4 is 22.8 Å². The van der Waals surface area contributed by atoms with Crippen molar-refractivity contribution in [2.24, 2.45) is 7.05 Å². The van der Waals surface area contributed by atoms with Crippen LogP contribution in [0.15, 0.2) is 36.5 Å². The lowest BCUT2D eigenvalue weighted by Crippen LogP contribution is -2.12. The van der Waals surface area contributed by atoms with E-state index in [1.807, 2.05) is 6.07 Å². The first-order valence-electron chi connectivity index (χ1n) is 6.28. The molecule has 106 valence electrons. The number of ether oxygens (including phenoxy) is 1. The third kappa shape index (κ3) is 2.53. The average Bonchev–Trinajstić information content (AvgIpc) is 2.88. The first-order valence-corrected chi connectivity index (χ1v) is 6.28. The third-order valence-electron chi connectivity index (χ3n) is 3.08. The molecule has 0 fully saturated rings. The highest BCUT2D eigenvalue weighted by atomic mass is 16.5. The van der Waals surface area contributed by atoms with Gasteiger partial charge < -0.3 is 10.1 Å². The standard InChI is InChI=1S/C14H13N5O2/c1-19-12-4-3-9(7-11(12)17-18-19)14(20)16-13-8-10(21-2)5-6-15-13/h3-8H,1-2H3,(H,15,16,20). The fraction of sp³-hybridized carbons (Fsp3) is 0.143. The summed E-state index contributed by atoms with van der Waals surface area (Å²) in [6, 6.07) is 8.59. The number of carbonyl (C=O) groups is 1. The van der Waals surface area contributed by atoms with Crippen LogP contribution in [0.1, 0.15) is 10.4 Å². The summed E-state index contributed by atoms with van der Waals surface area (Å²) in [7, 11) is 3.36. The van der Waals surface area contributed by atoms with E-state index in [4.69, 9.17) is 4.74 Å². The molecule has 0 saturated heterocycles. The number of carbonyl (C=O) groups excluding carboxylic acids is 1. The minimum atomic E-state index is -0.261. The highest BCUT2D eigenvalue weighted by Crippen LogP contribution is 2.16. The second-order valence-electron chi connectivity index (χ2n) is 4.45. The molecule has 0 spiro atoms. The number of aryl methyl sites for hydroxylation is 1. The van der Waals surface area contributed by atoms with Gasteiger partial charge in [0.15, 0.2) is 0 Å². The van der Waals surface area contributed by atoms with Crippen LogP contribution in [-0.4, -0.2) is 33.0 Å². The number of aromatic nitrogens is 4. The van der Waals surface area contributed by atoms with E-state index in [9.17, 15) is 4.79 Å². The highest BCUT2D eigenvalue weighted by Gasteiger charge is 2.10. The van der Waals surface area contributed by atoms with Crippen LogP contribution in [0.2, 0.25) is 0 Å². The second kappa shape index (κ2) is 5.20. The normalized spacial score (nSPS) is 10.6. The van der Waals surface area contributed by atoms with Crippen LogP contribution in [-0.2, 0) is 7.05 Å². The van der Waals surface area contributed by atoms with Crippen molar-refractivity contribution in [3.8, 4) is 5.75 Å². The minimum absolute atomic E-state index is 0.261. The molecule has 0 saturated carbocycles. The van der Waals surface area contributed by atoms with Gasteiger partial charge in [-0.05, 0) is 24.3 Å². The number of nitrogens with zero attached hydrogens (tertiary/aromatic N) is 4. The van der Waals surface area contributed by atoms with E-state index in [1.165, 1.54) is 0 Å². The topological polar surface area (TPSA) is 81.9 Å². The average molecular weight is 283 g/mol. The van der Waals surface area contributed by atoms with Gasteiger partial charge in [-0.15, -0.1) is 5.10 Å². The molecule has 0 radical (unpaired) electrons. The predicted molar refractivity (Wildman–Crippen MR) is 77.3 cm³/mol. The molecule has 2 aromatic heterocycles. The molecule has 3 rings (SSSR count). The van der Waals surface area contributed by atoms with Gasteiger partial charge in [0.05, 0.1) is 12.6 Å². The van der Waals surface area contributed by atoms with Crippen LogP contribution in [0.25, 0.3) is 11.0 Å². The molecule has 21 heavy (non-hydrogen) atoms. The third-order valence-corrected chi connectivity index (χ3v) is 3.08. The summed E-state index contributed by atoms with van der Waals surface area (Å²) in [5.74, 6) is 0.798. The summed E-state index contributed by atoms with van der Waals surface area (Å²) in [5, 5.41) is 10.6. The molecule has 2 heterocycles. The summed E-state index contributed by atoms with van der Waals surface area (Å²) in [6.45, 7) is 0. The van der Waals surface area contributed by atoms with Crippen LogP contribution in [0, 0.1) is 0 Å². The Kier molecular flexibility index (Phi) is 3.23. The zero-order chi connectivity index (χ0) is 14.8. The highest BCUT2D eigenvalue weighted by molar-refractivity contribution is 6.05. The monoisotopic (exact) mass is 283 g/mol. The summed E-state index contributed by atoms with van der Waals surface area (Å²) in [5.41, 5.74) is 2.03. The van der Waals surface area contributed by atoms with Gasteiger partial charge in [0, 0.05) is 24.9 Å². The van der Waals surface area contributed by atoms with Crippen LogP contribution in [0.5, 0.6) is 5.75 Å². The Hall–Kier alpha value is -2.96. The van der Waals surface area contributed by atoms with Crippen LogP contribution < -0.4 is 10.1 Å². The quantitative estimate of drug-likeness (QED) is 0.790. The van der Waals surface area contributed by atoms with Crippen LogP contribution in [0.4, 0.5) is 5.82 Å². The molecule has 0 aliphatic rings. The van der Waals surface area contributed by atoms with Gasteiger partial charge in [-0.25, -0.2) is 9.67 Å². The number of pyridine rings is 1. The number of hydrogen-bond acceptors (Lipinski definition) is 5. The number of methoxy groups -OCH3 is 1. The van der Waals surface area contributed by atoms with Gasteiger partial charge in [-0.3, -0.25) is 4.79 Å². The molecule has 0 aliphatic carbocycles. The Bertz CT molecular complexity index is 812. The molecular formula is C14H13N5O2.